The van der Waals surface area contributed by atoms with Crippen LogP contribution in [-0.2, 0) is 32.5 Å². The maximum Gasteiger partial charge on any atom is 0.0545 e. The molecule has 0 N–H and O–H groups in total. The lowest BCUT2D eigenvalue weighted by atomic mass is 9.60. The van der Waals surface area contributed by atoms with Crippen molar-refractivity contribution in [3.8, 4) is 0 Å². The first-order chi connectivity index (χ1) is 37.3. The molecule has 0 spiro atoms. The highest BCUT2D eigenvalue weighted by Crippen LogP contribution is 2.68. The first-order valence-corrected chi connectivity index (χ1v) is 28.6. The SMILES string of the molecule is CC(C)(C)c1ccc(N(c2ccccc2)c2cc3c4c(c2)C(C)(C)c2cc(N(c5ccccc5)c5ccc(C(C)(C)C)cc5)cc5c2N4c2c(cc(N(c4ccccc4)c4ccc(C(C)(C)C)cc4)cc2C5(C)C)C3(C)C)cc1. The van der Waals surface area contributed by atoms with Crippen molar-refractivity contribution in [1.82, 2.24) is 0 Å². The fraction of sp³-hybridized carbons (Fsp3) is 0.280. The Morgan fingerprint density at radius 2 is 0.443 bits per heavy atom. The Balaban J connectivity index is 1.17. The minimum Gasteiger partial charge on any atom is -0.310 e. The molecule has 4 nitrogen and oxygen atoms in total. The van der Waals surface area contributed by atoms with Gasteiger partial charge in [0.15, 0.2) is 0 Å². The molecule has 3 heterocycles. The molecular formula is C75H78N4. The van der Waals surface area contributed by atoms with Crippen LogP contribution in [0.4, 0.5) is 68.2 Å². The van der Waals surface area contributed by atoms with E-state index in [1.807, 2.05) is 0 Å². The van der Waals surface area contributed by atoms with E-state index in [4.69, 9.17) is 0 Å². The van der Waals surface area contributed by atoms with Crippen molar-refractivity contribution in [2.24, 2.45) is 0 Å². The Kier molecular flexibility index (Phi) is 11.9. The first kappa shape index (κ1) is 51.9. The summed E-state index contributed by atoms with van der Waals surface area (Å²) in [7, 11) is 0. The molecule has 0 amide bonds. The second-order valence-electron chi connectivity index (χ2n) is 27.3. The van der Waals surface area contributed by atoms with Crippen LogP contribution in [0, 0.1) is 0 Å². The number of nitrogens with zero attached hydrogens (tertiary/aromatic N) is 4. The molecule has 0 radical (unpaired) electrons. The molecule has 0 saturated carbocycles. The quantitative estimate of drug-likeness (QED) is 0.143. The zero-order valence-corrected chi connectivity index (χ0v) is 49.3. The minimum absolute atomic E-state index is 0.0251. The maximum atomic E-state index is 2.72. The van der Waals surface area contributed by atoms with Gasteiger partial charge in [0, 0.05) is 67.4 Å². The fourth-order valence-corrected chi connectivity index (χ4v) is 13.0. The van der Waals surface area contributed by atoms with E-state index in [9.17, 15) is 0 Å². The lowest BCUT2D eigenvalue weighted by Crippen LogP contribution is -2.44. The summed E-state index contributed by atoms with van der Waals surface area (Å²) in [5.41, 5.74) is 24.8. The largest absolute Gasteiger partial charge is 0.310 e. The summed E-state index contributed by atoms with van der Waals surface area (Å²) >= 11 is 0. The Labute approximate surface area is 472 Å². The van der Waals surface area contributed by atoms with Crippen LogP contribution in [0.25, 0.3) is 0 Å². The second kappa shape index (κ2) is 18.1. The van der Waals surface area contributed by atoms with E-state index in [-0.39, 0.29) is 16.2 Å². The summed E-state index contributed by atoms with van der Waals surface area (Å²) in [5.74, 6) is 0. The topological polar surface area (TPSA) is 13.0 Å². The van der Waals surface area contributed by atoms with Crippen LogP contribution in [0.1, 0.15) is 154 Å². The Morgan fingerprint density at radius 3 is 0.633 bits per heavy atom. The lowest BCUT2D eigenvalue weighted by molar-refractivity contribution is 0.567. The van der Waals surface area contributed by atoms with Crippen molar-refractivity contribution in [2.75, 3.05) is 19.6 Å². The van der Waals surface area contributed by atoms with E-state index >= 15 is 0 Å². The highest BCUT2D eigenvalue weighted by Gasteiger charge is 2.53. The van der Waals surface area contributed by atoms with Gasteiger partial charge >= 0.3 is 0 Å². The van der Waals surface area contributed by atoms with Crippen molar-refractivity contribution < 1.29 is 0 Å². The van der Waals surface area contributed by atoms with Gasteiger partial charge in [0.1, 0.15) is 0 Å². The van der Waals surface area contributed by atoms with Crippen molar-refractivity contribution >= 4 is 68.2 Å². The van der Waals surface area contributed by atoms with Gasteiger partial charge in [-0.2, -0.15) is 0 Å². The summed E-state index contributed by atoms with van der Waals surface area (Å²) in [4.78, 5) is 10.2. The van der Waals surface area contributed by atoms with Gasteiger partial charge in [0.05, 0.1) is 17.1 Å². The standard InChI is InChI=1S/C75H78N4/c1-70(2,3)49-31-37-55(38-32-49)76(52-25-19-16-20-26-52)58-43-61-67-62(44-58)74(12,13)64-46-60(78(54-29-23-18-24-30-54)57-41-35-51(36-42-57)72(7,8)9)48-66-69(64)79(67)68-63(73(61,10)11)45-59(47-65(68)75(66,14)15)77(53-27-21-17-22-28-53)56-39-33-50(34-40-56)71(4,5)6/h16-48H,1-15H3. The molecular weight excluding hydrogens is 957 g/mol. The molecule has 3 aliphatic rings. The van der Waals surface area contributed by atoms with E-state index in [1.54, 1.807) is 0 Å². The maximum absolute atomic E-state index is 2.72. The van der Waals surface area contributed by atoms with E-state index in [0.29, 0.717) is 0 Å². The van der Waals surface area contributed by atoms with E-state index in [1.165, 1.54) is 67.1 Å². The molecule has 3 aliphatic heterocycles. The summed E-state index contributed by atoms with van der Waals surface area (Å²) in [6.07, 6.45) is 0. The van der Waals surface area contributed by atoms with Gasteiger partial charge in [-0.15, -0.1) is 0 Å². The van der Waals surface area contributed by atoms with Gasteiger partial charge in [-0.1, -0.05) is 195 Å². The van der Waals surface area contributed by atoms with Gasteiger partial charge in [-0.05, 0) is 176 Å². The molecule has 0 fully saturated rings. The van der Waals surface area contributed by atoms with Crippen LogP contribution < -0.4 is 19.6 Å². The molecule has 4 heteroatoms. The van der Waals surface area contributed by atoms with Crippen molar-refractivity contribution in [3.05, 3.63) is 250 Å². The highest BCUT2D eigenvalue weighted by molar-refractivity contribution is 6.02. The third-order valence-corrected chi connectivity index (χ3v) is 17.8. The number of benzene rings is 9. The third kappa shape index (κ3) is 8.48. The van der Waals surface area contributed by atoms with Gasteiger partial charge in [-0.25, -0.2) is 0 Å². The van der Waals surface area contributed by atoms with E-state index < -0.39 is 16.2 Å². The number of hydrogen-bond donors (Lipinski definition) is 0. The van der Waals surface area contributed by atoms with Crippen LogP contribution in [0.15, 0.2) is 200 Å². The summed E-state index contributed by atoms with van der Waals surface area (Å²) in [6.45, 7) is 35.6. The van der Waals surface area contributed by atoms with Crippen molar-refractivity contribution in [3.63, 3.8) is 0 Å². The zero-order valence-electron chi connectivity index (χ0n) is 49.3. The van der Waals surface area contributed by atoms with Crippen LogP contribution in [0.2, 0.25) is 0 Å². The zero-order chi connectivity index (χ0) is 55.8. The number of para-hydroxylation sites is 3. The molecule has 0 bridgehead atoms. The summed E-state index contributed by atoms with van der Waals surface area (Å²) < 4.78 is 0. The average Bonchev–Trinajstić information content (AvgIpc) is 2.07. The Hall–Kier alpha value is -7.82. The van der Waals surface area contributed by atoms with Crippen LogP contribution in [0.3, 0.4) is 0 Å². The molecule has 0 aromatic heterocycles. The normalized spacial score (nSPS) is 15.3. The predicted octanol–water partition coefficient (Wildman–Crippen LogP) is 21.4. The molecule has 0 atom stereocenters. The number of hydrogen-bond acceptors (Lipinski definition) is 4. The fourth-order valence-electron chi connectivity index (χ4n) is 13.0. The van der Waals surface area contributed by atoms with Gasteiger partial charge in [-0.3, -0.25) is 0 Å². The third-order valence-electron chi connectivity index (χ3n) is 17.8. The van der Waals surface area contributed by atoms with Gasteiger partial charge < -0.3 is 19.6 Å². The summed E-state index contributed by atoms with van der Waals surface area (Å²) in [5, 5.41) is 0. The van der Waals surface area contributed by atoms with Crippen molar-refractivity contribution in [2.45, 2.75) is 136 Å². The van der Waals surface area contributed by atoms with E-state index in [2.05, 4.69) is 324 Å². The highest BCUT2D eigenvalue weighted by atomic mass is 15.2. The Morgan fingerprint density at radius 1 is 0.253 bits per heavy atom. The number of anilines is 12. The van der Waals surface area contributed by atoms with Gasteiger partial charge in [0.25, 0.3) is 0 Å². The molecule has 79 heavy (non-hydrogen) atoms. The number of rotatable bonds is 9. The molecule has 9 aromatic carbocycles. The lowest BCUT2D eigenvalue weighted by Gasteiger charge is -2.55. The van der Waals surface area contributed by atoms with E-state index in [0.717, 1.165) is 51.2 Å². The van der Waals surface area contributed by atoms with Crippen LogP contribution >= 0.6 is 0 Å². The van der Waals surface area contributed by atoms with Crippen LogP contribution in [-0.4, -0.2) is 0 Å². The summed E-state index contributed by atoms with van der Waals surface area (Å²) in [6, 6.07) is 76.0. The second-order valence-corrected chi connectivity index (χ2v) is 27.3. The Bertz CT molecular complexity index is 3290. The van der Waals surface area contributed by atoms with Gasteiger partial charge in [0.2, 0.25) is 0 Å². The smallest absolute Gasteiger partial charge is 0.0545 e. The molecule has 12 rings (SSSR count). The molecule has 0 unspecified atom stereocenters. The predicted molar refractivity (Wildman–Crippen MR) is 338 cm³/mol. The molecule has 398 valence electrons. The van der Waals surface area contributed by atoms with Crippen molar-refractivity contribution in [1.29, 1.82) is 0 Å². The minimum atomic E-state index is -0.433. The first-order valence-electron chi connectivity index (χ1n) is 28.6. The molecule has 0 aliphatic carbocycles. The molecule has 9 aromatic rings. The average molecular weight is 1040 g/mol. The monoisotopic (exact) mass is 1030 g/mol. The molecule has 0 saturated heterocycles. The van der Waals surface area contributed by atoms with Crippen LogP contribution in [0.5, 0.6) is 0 Å².